The Balaban J connectivity index is 1.78. The minimum atomic E-state index is -3.05. The van der Waals surface area contributed by atoms with Gasteiger partial charge >= 0.3 is 6.03 Å². The maximum Gasteiger partial charge on any atom is 0.320 e. The van der Waals surface area contributed by atoms with Crippen molar-refractivity contribution < 1.29 is 17.9 Å². The maximum absolute atomic E-state index is 12.7. The fraction of sp³-hybridized carbons (Fsp3) is 0.923. The van der Waals surface area contributed by atoms with E-state index in [9.17, 15) is 13.2 Å². The highest BCUT2D eigenvalue weighted by Crippen LogP contribution is 2.27. The van der Waals surface area contributed by atoms with Crippen molar-refractivity contribution in [2.75, 3.05) is 57.4 Å². The first kappa shape index (κ1) is 15.1. The van der Waals surface area contributed by atoms with Gasteiger partial charge in [0, 0.05) is 32.2 Å². The number of hydrogen-bond donors (Lipinski definition) is 0. The van der Waals surface area contributed by atoms with E-state index in [1.807, 2.05) is 6.92 Å². The van der Waals surface area contributed by atoms with Crippen LogP contribution in [0.2, 0.25) is 0 Å². The van der Waals surface area contributed by atoms with Crippen LogP contribution in [-0.4, -0.2) is 98.7 Å². The van der Waals surface area contributed by atoms with E-state index in [0.717, 1.165) is 13.1 Å². The SMILES string of the molecule is CCN1CCN(C(=O)N2CCOCC2)[C@H]2CS(=O)(=O)C[C@H]21. The van der Waals surface area contributed by atoms with E-state index in [1.54, 1.807) is 9.80 Å². The summed E-state index contributed by atoms with van der Waals surface area (Å²) in [5.41, 5.74) is 0. The van der Waals surface area contributed by atoms with Gasteiger partial charge < -0.3 is 14.5 Å². The molecule has 3 fully saturated rings. The number of nitrogens with zero attached hydrogens (tertiary/aromatic N) is 3. The first-order valence-electron chi connectivity index (χ1n) is 7.59. The van der Waals surface area contributed by atoms with E-state index in [4.69, 9.17) is 4.74 Å². The number of morpholine rings is 1. The molecule has 0 spiro atoms. The number of hydrogen-bond acceptors (Lipinski definition) is 5. The Hall–Kier alpha value is -0.860. The quantitative estimate of drug-likeness (QED) is 0.636. The standard InChI is InChI=1S/C13H23N3O4S/c1-2-14-3-4-16(12-10-21(18,19)9-11(12)14)13(17)15-5-7-20-8-6-15/h11-12H,2-10H2,1H3/t11-,12+/m1/s1. The molecule has 3 saturated heterocycles. The number of likely N-dealkylation sites (N-methyl/N-ethyl adjacent to an activating group) is 1. The first-order valence-corrected chi connectivity index (χ1v) is 9.42. The van der Waals surface area contributed by atoms with Crippen LogP contribution in [-0.2, 0) is 14.6 Å². The molecule has 0 saturated carbocycles. The van der Waals surface area contributed by atoms with Gasteiger partial charge in [0.05, 0.1) is 30.8 Å². The van der Waals surface area contributed by atoms with Gasteiger partial charge in [-0.25, -0.2) is 13.2 Å². The molecule has 7 nitrogen and oxygen atoms in total. The summed E-state index contributed by atoms with van der Waals surface area (Å²) < 4.78 is 29.3. The van der Waals surface area contributed by atoms with Crippen LogP contribution in [0.15, 0.2) is 0 Å². The second-order valence-electron chi connectivity index (χ2n) is 5.92. The highest BCUT2D eigenvalue weighted by Gasteiger charge is 2.48. The van der Waals surface area contributed by atoms with Gasteiger partial charge in [0.25, 0.3) is 0 Å². The molecule has 21 heavy (non-hydrogen) atoms. The molecule has 0 bridgehead atoms. The number of rotatable bonds is 1. The number of piperazine rings is 1. The summed E-state index contributed by atoms with van der Waals surface area (Å²) in [6, 6.07) is -0.265. The third-order valence-corrected chi connectivity index (χ3v) is 6.42. The number of ether oxygens (including phenoxy) is 1. The molecule has 0 radical (unpaired) electrons. The molecule has 0 aromatic heterocycles. The molecule has 0 aliphatic carbocycles. The number of urea groups is 1. The average molecular weight is 317 g/mol. The molecule has 0 unspecified atom stereocenters. The first-order chi connectivity index (χ1) is 10.0. The van der Waals surface area contributed by atoms with Crippen molar-refractivity contribution in [3.63, 3.8) is 0 Å². The van der Waals surface area contributed by atoms with Crippen molar-refractivity contribution in [3.8, 4) is 0 Å². The molecule has 0 N–H and O–H groups in total. The van der Waals surface area contributed by atoms with Crippen LogP contribution in [0.4, 0.5) is 4.79 Å². The number of carbonyl (C=O) groups excluding carboxylic acids is 1. The Morgan fingerprint density at radius 3 is 2.43 bits per heavy atom. The molecular weight excluding hydrogens is 294 g/mol. The minimum Gasteiger partial charge on any atom is -0.378 e. The van der Waals surface area contributed by atoms with Crippen molar-refractivity contribution >= 4 is 15.9 Å². The van der Waals surface area contributed by atoms with Crippen LogP contribution in [0, 0.1) is 0 Å². The van der Waals surface area contributed by atoms with Gasteiger partial charge in [-0.1, -0.05) is 6.92 Å². The highest BCUT2D eigenvalue weighted by molar-refractivity contribution is 7.91. The molecular formula is C13H23N3O4S. The lowest BCUT2D eigenvalue weighted by molar-refractivity contribution is 0.0205. The lowest BCUT2D eigenvalue weighted by Gasteiger charge is -2.45. The van der Waals surface area contributed by atoms with Gasteiger partial charge in [-0.15, -0.1) is 0 Å². The highest BCUT2D eigenvalue weighted by atomic mass is 32.2. The zero-order chi connectivity index (χ0) is 15.0. The van der Waals surface area contributed by atoms with E-state index in [0.29, 0.717) is 32.8 Å². The number of carbonyl (C=O) groups is 1. The van der Waals surface area contributed by atoms with Crippen molar-refractivity contribution in [2.45, 2.75) is 19.0 Å². The van der Waals surface area contributed by atoms with E-state index < -0.39 is 9.84 Å². The summed E-state index contributed by atoms with van der Waals surface area (Å²) in [4.78, 5) is 18.4. The van der Waals surface area contributed by atoms with E-state index in [-0.39, 0.29) is 29.6 Å². The Morgan fingerprint density at radius 1 is 1.10 bits per heavy atom. The van der Waals surface area contributed by atoms with Gasteiger partial charge in [0.1, 0.15) is 0 Å². The normalized spacial score (nSPS) is 33.0. The number of fused-ring (bicyclic) bond motifs is 1. The van der Waals surface area contributed by atoms with E-state index in [2.05, 4.69) is 4.90 Å². The summed E-state index contributed by atoms with van der Waals surface area (Å²) >= 11 is 0. The summed E-state index contributed by atoms with van der Waals surface area (Å²) in [6.45, 7) is 6.55. The summed E-state index contributed by atoms with van der Waals surface area (Å²) in [7, 11) is -3.05. The fourth-order valence-electron chi connectivity index (χ4n) is 3.59. The van der Waals surface area contributed by atoms with Gasteiger partial charge in [-0.05, 0) is 6.54 Å². The van der Waals surface area contributed by atoms with Crippen LogP contribution in [0.25, 0.3) is 0 Å². The Kier molecular flexibility index (Phi) is 4.11. The average Bonchev–Trinajstić information content (AvgIpc) is 2.81. The second kappa shape index (κ2) is 5.73. The van der Waals surface area contributed by atoms with Crippen LogP contribution in [0.5, 0.6) is 0 Å². The fourth-order valence-corrected chi connectivity index (χ4v) is 5.60. The molecule has 0 aromatic carbocycles. The maximum atomic E-state index is 12.7. The lowest BCUT2D eigenvalue weighted by atomic mass is 10.1. The Morgan fingerprint density at radius 2 is 1.76 bits per heavy atom. The molecule has 120 valence electrons. The number of sulfone groups is 1. The van der Waals surface area contributed by atoms with Crippen molar-refractivity contribution in [1.29, 1.82) is 0 Å². The third-order valence-electron chi connectivity index (χ3n) is 4.72. The van der Waals surface area contributed by atoms with Crippen LogP contribution in [0.3, 0.4) is 0 Å². The van der Waals surface area contributed by atoms with Gasteiger partial charge in [0.15, 0.2) is 9.84 Å². The predicted molar refractivity (Wildman–Crippen MR) is 78.0 cm³/mol. The minimum absolute atomic E-state index is 0.0267. The zero-order valence-electron chi connectivity index (χ0n) is 12.4. The van der Waals surface area contributed by atoms with Gasteiger partial charge in [-0.2, -0.15) is 0 Å². The van der Waals surface area contributed by atoms with E-state index >= 15 is 0 Å². The number of amides is 2. The second-order valence-corrected chi connectivity index (χ2v) is 8.07. The van der Waals surface area contributed by atoms with Crippen LogP contribution in [0.1, 0.15) is 6.92 Å². The molecule has 8 heteroatoms. The summed E-state index contributed by atoms with van der Waals surface area (Å²) in [5.74, 6) is 0.280. The van der Waals surface area contributed by atoms with Crippen LogP contribution < -0.4 is 0 Å². The van der Waals surface area contributed by atoms with Crippen molar-refractivity contribution in [1.82, 2.24) is 14.7 Å². The van der Waals surface area contributed by atoms with Crippen molar-refractivity contribution in [2.24, 2.45) is 0 Å². The molecule has 3 heterocycles. The predicted octanol–water partition coefficient (Wildman–Crippen LogP) is -0.758. The smallest absolute Gasteiger partial charge is 0.320 e. The molecule has 3 rings (SSSR count). The molecule has 3 aliphatic heterocycles. The van der Waals surface area contributed by atoms with E-state index in [1.165, 1.54) is 0 Å². The summed E-state index contributed by atoms with van der Waals surface area (Å²) in [5, 5.41) is 0. The van der Waals surface area contributed by atoms with Crippen molar-refractivity contribution in [3.05, 3.63) is 0 Å². The Bertz CT molecular complexity index is 504. The largest absolute Gasteiger partial charge is 0.378 e. The zero-order valence-corrected chi connectivity index (χ0v) is 13.2. The third kappa shape index (κ3) is 2.89. The molecule has 3 aliphatic rings. The van der Waals surface area contributed by atoms with Crippen LogP contribution >= 0.6 is 0 Å². The molecule has 2 amide bonds. The monoisotopic (exact) mass is 317 g/mol. The Labute approximate surface area is 125 Å². The van der Waals surface area contributed by atoms with Gasteiger partial charge in [-0.3, -0.25) is 4.90 Å². The van der Waals surface area contributed by atoms with Gasteiger partial charge in [0.2, 0.25) is 0 Å². The lowest BCUT2D eigenvalue weighted by Crippen LogP contribution is -2.63. The summed E-state index contributed by atoms with van der Waals surface area (Å²) in [6.07, 6.45) is 0. The molecule has 0 aromatic rings. The topological polar surface area (TPSA) is 70.2 Å². The molecule has 2 atom stereocenters.